The molecular formula is C16H24BrF6NOS. The van der Waals surface area contributed by atoms with Gasteiger partial charge in [0.2, 0.25) is 6.43 Å². The minimum atomic E-state index is -4.93. The molecule has 0 saturated heterocycles. The molecule has 0 aliphatic heterocycles. The molecule has 0 atom stereocenters. The molecule has 0 N–H and O–H groups in total. The van der Waals surface area contributed by atoms with E-state index in [9.17, 15) is 24.8 Å². The summed E-state index contributed by atoms with van der Waals surface area (Å²) < 4.78 is 79.2. The van der Waals surface area contributed by atoms with Crippen LogP contribution in [0.15, 0.2) is 22.7 Å². The first-order valence-corrected chi connectivity index (χ1v) is 9.90. The molecule has 10 heteroatoms. The summed E-state index contributed by atoms with van der Waals surface area (Å²) in [5.41, 5.74) is -0.430. The number of hydrogen-bond donors (Lipinski definition) is 0. The molecular weight excluding hydrogens is 448 g/mol. The van der Waals surface area contributed by atoms with Crippen molar-refractivity contribution in [1.82, 2.24) is 4.31 Å². The van der Waals surface area contributed by atoms with Crippen molar-refractivity contribution in [3.05, 3.63) is 34.1 Å². The van der Waals surface area contributed by atoms with Gasteiger partial charge in [0.15, 0.2) is 0 Å². The molecule has 0 aliphatic rings. The fraction of sp³-hybridized carbons (Fsp3) is 0.625. The van der Waals surface area contributed by atoms with E-state index >= 15 is 0 Å². The van der Waals surface area contributed by atoms with E-state index in [1.807, 2.05) is 0 Å². The maximum Gasteiger partial charge on any atom is 0.278 e. The summed E-state index contributed by atoms with van der Waals surface area (Å²) in [6.45, 7) is 6.17. The number of alkyl halides is 2. The van der Waals surface area contributed by atoms with E-state index in [4.69, 9.17) is 4.74 Å². The molecule has 0 fully saturated rings. The predicted molar refractivity (Wildman–Crippen MR) is 97.4 cm³/mol. The van der Waals surface area contributed by atoms with E-state index in [1.165, 1.54) is 33.8 Å². The Morgan fingerprint density at radius 3 is 2.04 bits per heavy atom. The zero-order valence-electron chi connectivity index (χ0n) is 15.0. The van der Waals surface area contributed by atoms with Gasteiger partial charge in [-0.05, 0) is 33.6 Å². The van der Waals surface area contributed by atoms with Crippen molar-refractivity contribution in [2.24, 2.45) is 5.41 Å². The van der Waals surface area contributed by atoms with Gasteiger partial charge < -0.3 is 4.74 Å². The fourth-order valence-corrected chi connectivity index (χ4v) is 2.65. The fourth-order valence-electron chi connectivity index (χ4n) is 1.64. The molecule has 0 radical (unpaired) electrons. The van der Waals surface area contributed by atoms with Crippen LogP contribution in [-0.2, 0) is 11.3 Å². The molecule has 0 amide bonds. The smallest absolute Gasteiger partial charge is 0.278 e. The van der Waals surface area contributed by atoms with E-state index in [1.54, 1.807) is 12.1 Å². The van der Waals surface area contributed by atoms with Crippen molar-refractivity contribution < 1.29 is 29.6 Å². The van der Waals surface area contributed by atoms with Gasteiger partial charge in [-0.3, -0.25) is 0 Å². The summed E-state index contributed by atoms with van der Waals surface area (Å²) in [5, 5.41) is 0. The number of rotatable bonds is 8. The molecule has 1 aromatic rings. The van der Waals surface area contributed by atoms with Crippen molar-refractivity contribution in [2.45, 2.75) is 40.7 Å². The van der Waals surface area contributed by atoms with Gasteiger partial charge in [0.05, 0.1) is 17.7 Å². The highest BCUT2D eigenvalue weighted by atomic mass is 79.9. The molecule has 1 aromatic carbocycles. The largest absolute Gasteiger partial charge is 0.376 e. The van der Waals surface area contributed by atoms with E-state index in [-0.39, 0.29) is 32.1 Å². The number of ether oxygens (including phenoxy) is 1. The molecule has 2 nitrogen and oxygen atoms in total. The van der Waals surface area contributed by atoms with Crippen LogP contribution in [0.2, 0.25) is 0 Å². The highest BCUT2D eigenvalue weighted by Gasteiger charge is 2.29. The summed E-state index contributed by atoms with van der Waals surface area (Å²) in [7, 11) is 0. The normalized spacial score (nSPS) is 13.0. The molecule has 0 unspecified atom stereocenters. The molecule has 0 saturated carbocycles. The average molecular weight is 472 g/mol. The quantitative estimate of drug-likeness (QED) is 0.375. The van der Waals surface area contributed by atoms with Gasteiger partial charge in [-0.25, -0.2) is 13.2 Å². The zero-order valence-corrected chi connectivity index (χ0v) is 17.4. The first-order chi connectivity index (χ1) is 11.8. The predicted octanol–water partition coefficient (Wildman–Crippen LogP) is 7.10. The molecule has 0 aliphatic carbocycles. The summed E-state index contributed by atoms with van der Waals surface area (Å²) >= 11 is -1.88. The number of halogens is 7. The lowest BCUT2D eigenvalue weighted by molar-refractivity contribution is -0.0479. The molecule has 0 aromatic heterocycles. The third-order valence-corrected chi connectivity index (χ3v) is 5.03. The lowest BCUT2D eigenvalue weighted by Gasteiger charge is -2.23. The molecule has 0 heterocycles. The van der Waals surface area contributed by atoms with Crippen LogP contribution in [0.4, 0.5) is 24.8 Å². The van der Waals surface area contributed by atoms with Crippen molar-refractivity contribution in [2.75, 3.05) is 19.7 Å². The van der Waals surface area contributed by atoms with Crippen molar-refractivity contribution in [3.63, 3.8) is 0 Å². The number of benzene rings is 1. The van der Waals surface area contributed by atoms with Crippen LogP contribution in [0.3, 0.4) is 0 Å². The Morgan fingerprint density at radius 2 is 1.69 bits per heavy atom. The zero-order chi connectivity index (χ0) is 20.5. The second-order valence-electron chi connectivity index (χ2n) is 6.03. The topological polar surface area (TPSA) is 12.5 Å². The first-order valence-electron chi connectivity index (χ1n) is 7.82. The maximum absolute atomic E-state index is 12.9. The molecule has 1 rings (SSSR count). The van der Waals surface area contributed by atoms with Crippen LogP contribution < -0.4 is 0 Å². The average Bonchev–Trinajstić information content (AvgIpc) is 2.51. The number of hydrogen-bond acceptors (Lipinski definition) is 2. The molecule has 154 valence electrons. The summed E-state index contributed by atoms with van der Waals surface area (Å²) in [4.78, 5) is 0. The molecule has 0 bridgehead atoms. The Labute approximate surface area is 161 Å². The second-order valence-corrected chi connectivity index (χ2v) is 8.16. The van der Waals surface area contributed by atoms with Gasteiger partial charge in [0.1, 0.15) is 5.82 Å². The Kier molecular flexibility index (Phi) is 11.2. The Morgan fingerprint density at radius 1 is 1.15 bits per heavy atom. The minimum Gasteiger partial charge on any atom is -0.376 e. The van der Waals surface area contributed by atoms with Crippen LogP contribution in [-0.4, -0.2) is 30.4 Å². The van der Waals surface area contributed by atoms with E-state index in [0.717, 1.165) is 5.56 Å². The summed E-state index contributed by atoms with van der Waals surface area (Å²) in [5.74, 6) is -0.360. The summed E-state index contributed by atoms with van der Waals surface area (Å²) in [6, 6.07) is 4.45. The van der Waals surface area contributed by atoms with Gasteiger partial charge in [0, 0.05) is 18.5 Å². The number of nitrogens with zero attached hydrogens (tertiary/aromatic N) is 1. The minimum absolute atomic E-state index is 0.0420. The van der Waals surface area contributed by atoms with Gasteiger partial charge in [0.25, 0.3) is 11.4 Å². The lowest BCUT2D eigenvalue weighted by Crippen LogP contribution is -2.27. The third-order valence-electron chi connectivity index (χ3n) is 3.32. The van der Waals surface area contributed by atoms with E-state index in [0.29, 0.717) is 8.78 Å². The second kappa shape index (κ2) is 11.4. The van der Waals surface area contributed by atoms with Crippen LogP contribution in [0.1, 0.15) is 33.3 Å². The van der Waals surface area contributed by atoms with Crippen molar-refractivity contribution in [1.29, 1.82) is 0 Å². The van der Waals surface area contributed by atoms with Crippen LogP contribution in [0.25, 0.3) is 0 Å². The monoisotopic (exact) mass is 471 g/mol. The van der Waals surface area contributed by atoms with Gasteiger partial charge in [-0.2, -0.15) is 4.31 Å². The van der Waals surface area contributed by atoms with Gasteiger partial charge >= 0.3 is 0 Å². The lowest BCUT2D eigenvalue weighted by atomic mass is 9.96. The van der Waals surface area contributed by atoms with Crippen molar-refractivity contribution in [3.8, 4) is 0 Å². The van der Waals surface area contributed by atoms with Crippen LogP contribution in [0, 0.1) is 11.2 Å². The Hall–Kier alpha value is -0.450. The highest BCUT2D eigenvalue weighted by Crippen LogP contribution is 2.56. The molecule has 26 heavy (non-hydrogen) atoms. The maximum atomic E-state index is 12.9. The van der Waals surface area contributed by atoms with Crippen LogP contribution >= 0.6 is 27.3 Å². The summed E-state index contributed by atoms with van der Waals surface area (Å²) in [6.07, 6.45) is -2.43. The Bertz CT molecular complexity index is 538. The highest BCUT2D eigenvalue weighted by molar-refractivity contribution is 9.10. The van der Waals surface area contributed by atoms with Gasteiger partial charge in [-0.15, -0.1) is 11.7 Å². The Balaban J connectivity index is 0.000000590. The van der Waals surface area contributed by atoms with Gasteiger partial charge in [-0.1, -0.05) is 33.8 Å². The van der Waals surface area contributed by atoms with Crippen molar-refractivity contribution >= 4 is 27.3 Å². The SMILES string of the molecule is CC(C)(COCc1ccc(F)c(Br)c1)C(F)F.CCN(CC)S(F)(F)F. The third kappa shape index (κ3) is 9.48. The van der Waals surface area contributed by atoms with E-state index < -0.39 is 23.2 Å². The van der Waals surface area contributed by atoms with Crippen LogP contribution in [0.5, 0.6) is 0 Å². The first kappa shape index (κ1) is 25.6. The molecule has 0 spiro atoms. The van der Waals surface area contributed by atoms with E-state index in [2.05, 4.69) is 15.9 Å². The standard InChI is InChI=1S/C12H14BrF3O.C4H10F3NS/c1-12(2,11(15)16)7-17-6-8-3-4-10(14)9(13)5-8;1-3-8(4-2)9(5,6)7/h3-5,11H,6-7H2,1-2H3;3-4H2,1-2H3.